The Morgan fingerprint density at radius 1 is 1.24 bits per heavy atom. The number of alkyl halides is 3. The SMILES string of the molecule is CNC(c1cccc(OC(F)(F)F)c1)C(C)C. The van der Waals surface area contributed by atoms with Gasteiger partial charge in [0.2, 0.25) is 0 Å². The fourth-order valence-electron chi connectivity index (χ4n) is 1.79. The van der Waals surface area contributed by atoms with Crippen LogP contribution in [0.2, 0.25) is 0 Å². The molecule has 0 fully saturated rings. The molecule has 1 atom stereocenters. The van der Waals surface area contributed by atoms with Gasteiger partial charge >= 0.3 is 6.36 Å². The molecule has 0 heterocycles. The molecule has 0 aliphatic heterocycles. The lowest BCUT2D eigenvalue weighted by atomic mass is 9.96. The number of hydrogen-bond acceptors (Lipinski definition) is 2. The third kappa shape index (κ3) is 4.26. The normalized spacial score (nSPS) is 13.8. The lowest BCUT2D eigenvalue weighted by molar-refractivity contribution is -0.274. The van der Waals surface area contributed by atoms with Crippen LogP contribution in [0.25, 0.3) is 0 Å². The predicted octanol–water partition coefficient (Wildman–Crippen LogP) is 3.50. The van der Waals surface area contributed by atoms with Crippen LogP contribution in [0.5, 0.6) is 5.75 Å². The molecule has 2 nitrogen and oxygen atoms in total. The van der Waals surface area contributed by atoms with Gasteiger partial charge in [0.05, 0.1) is 0 Å². The van der Waals surface area contributed by atoms with Gasteiger partial charge < -0.3 is 10.1 Å². The fraction of sp³-hybridized carbons (Fsp3) is 0.500. The van der Waals surface area contributed by atoms with Gasteiger partial charge in [-0.1, -0.05) is 26.0 Å². The highest BCUT2D eigenvalue weighted by Crippen LogP contribution is 2.27. The van der Waals surface area contributed by atoms with Crippen molar-refractivity contribution in [2.75, 3.05) is 7.05 Å². The minimum atomic E-state index is -4.65. The zero-order valence-corrected chi connectivity index (χ0v) is 10.0. The Kier molecular flexibility index (Phi) is 4.40. The van der Waals surface area contributed by atoms with E-state index < -0.39 is 6.36 Å². The van der Waals surface area contributed by atoms with E-state index in [1.807, 2.05) is 13.8 Å². The highest BCUT2D eigenvalue weighted by molar-refractivity contribution is 5.31. The molecule has 1 aromatic carbocycles. The predicted molar refractivity (Wildman–Crippen MR) is 59.8 cm³/mol. The summed E-state index contributed by atoms with van der Waals surface area (Å²) in [5.74, 6) is 0.0945. The van der Waals surface area contributed by atoms with Crippen LogP contribution in [0.4, 0.5) is 13.2 Å². The first kappa shape index (κ1) is 13.8. The molecule has 0 aromatic heterocycles. The van der Waals surface area contributed by atoms with E-state index >= 15 is 0 Å². The lowest BCUT2D eigenvalue weighted by Gasteiger charge is -2.21. The van der Waals surface area contributed by atoms with Crippen molar-refractivity contribution in [3.63, 3.8) is 0 Å². The second kappa shape index (κ2) is 5.40. The first-order valence-electron chi connectivity index (χ1n) is 5.36. The molecule has 0 aliphatic carbocycles. The highest BCUT2D eigenvalue weighted by Gasteiger charge is 2.31. The first-order chi connectivity index (χ1) is 7.83. The van der Waals surface area contributed by atoms with E-state index in [1.54, 1.807) is 19.2 Å². The Morgan fingerprint density at radius 2 is 1.88 bits per heavy atom. The molecule has 0 aliphatic rings. The molecule has 96 valence electrons. The maximum atomic E-state index is 12.1. The smallest absolute Gasteiger partial charge is 0.406 e. The standard InChI is InChI=1S/C12H16F3NO/c1-8(2)11(16-3)9-5-4-6-10(7-9)17-12(13,14)15/h4-8,11,16H,1-3H3. The van der Waals surface area contributed by atoms with Crippen LogP contribution in [0.1, 0.15) is 25.5 Å². The molecule has 1 aromatic rings. The number of hydrogen-bond donors (Lipinski definition) is 1. The third-order valence-electron chi connectivity index (χ3n) is 2.43. The fourth-order valence-corrected chi connectivity index (χ4v) is 1.79. The Balaban J connectivity index is 2.92. The van der Waals surface area contributed by atoms with Gasteiger partial charge in [-0.2, -0.15) is 0 Å². The molecule has 0 spiro atoms. The average Bonchev–Trinajstić information content (AvgIpc) is 2.15. The van der Waals surface area contributed by atoms with Crippen molar-refractivity contribution in [3.05, 3.63) is 29.8 Å². The van der Waals surface area contributed by atoms with E-state index in [9.17, 15) is 13.2 Å². The molecule has 0 saturated heterocycles. The van der Waals surface area contributed by atoms with Gasteiger partial charge in [0.1, 0.15) is 5.75 Å². The number of ether oxygens (including phenoxy) is 1. The Hall–Kier alpha value is -1.23. The van der Waals surface area contributed by atoms with Crippen molar-refractivity contribution in [1.82, 2.24) is 5.32 Å². The van der Waals surface area contributed by atoms with Crippen LogP contribution in [0.3, 0.4) is 0 Å². The minimum Gasteiger partial charge on any atom is -0.406 e. The topological polar surface area (TPSA) is 21.3 Å². The maximum Gasteiger partial charge on any atom is 0.573 e. The molecule has 17 heavy (non-hydrogen) atoms. The van der Waals surface area contributed by atoms with Crippen LogP contribution in [0.15, 0.2) is 24.3 Å². The highest BCUT2D eigenvalue weighted by atomic mass is 19.4. The molecule has 1 rings (SSSR count). The van der Waals surface area contributed by atoms with Crippen molar-refractivity contribution < 1.29 is 17.9 Å². The van der Waals surface area contributed by atoms with Crippen LogP contribution in [0, 0.1) is 5.92 Å². The van der Waals surface area contributed by atoms with Crippen molar-refractivity contribution in [3.8, 4) is 5.75 Å². The largest absolute Gasteiger partial charge is 0.573 e. The van der Waals surface area contributed by atoms with E-state index in [0.717, 1.165) is 5.56 Å². The molecular formula is C12H16F3NO. The Morgan fingerprint density at radius 3 is 2.35 bits per heavy atom. The summed E-state index contributed by atoms with van der Waals surface area (Å²) in [4.78, 5) is 0. The second-order valence-corrected chi connectivity index (χ2v) is 4.13. The number of benzene rings is 1. The number of halogens is 3. The second-order valence-electron chi connectivity index (χ2n) is 4.13. The van der Waals surface area contributed by atoms with Crippen LogP contribution < -0.4 is 10.1 Å². The van der Waals surface area contributed by atoms with Gasteiger partial charge in [0.25, 0.3) is 0 Å². The molecule has 1 unspecified atom stereocenters. The van der Waals surface area contributed by atoms with E-state index in [1.165, 1.54) is 12.1 Å². The zero-order valence-electron chi connectivity index (χ0n) is 10.0. The van der Waals surface area contributed by atoms with E-state index in [4.69, 9.17) is 0 Å². The third-order valence-corrected chi connectivity index (χ3v) is 2.43. The lowest BCUT2D eigenvalue weighted by Crippen LogP contribution is -2.22. The molecule has 0 amide bonds. The van der Waals surface area contributed by atoms with Crippen LogP contribution in [-0.4, -0.2) is 13.4 Å². The van der Waals surface area contributed by atoms with E-state index in [0.29, 0.717) is 0 Å². The van der Waals surface area contributed by atoms with Crippen LogP contribution >= 0.6 is 0 Å². The van der Waals surface area contributed by atoms with Crippen LogP contribution in [-0.2, 0) is 0 Å². The molecule has 5 heteroatoms. The number of nitrogens with one attached hydrogen (secondary N) is 1. The van der Waals surface area contributed by atoms with E-state index in [2.05, 4.69) is 10.1 Å². The molecule has 1 N–H and O–H groups in total. The zero-order chi connectivity index (χ0) is 13.1. The molecule has 0 saturated carbocycles. The molecule has 0 radical (unpaired) electrons. The summed E-state index contributed by atoms with van der Waals surface area (Å²) in [6.07, 6.45) is -4.65. The Bertz CT molecular complexity index is 363. The van der Waals surface area contributed by atoms with Gasteiger partial charge in [-0.25, -0.2) is 0 Å². The van der Waals surface area contributed by atoms with Gasteiger partial charge in [-0.3, -0.25) is 0 Å². The minimum absolute atomic E-state index is 0.00628. The summed E-state index contributed by atoms with van der Waals surface area (Å²) in [5.41, 5.74) is 0.782. The van der Waals surface area contributed by atoms with Crippen molar-refractivity contribution >= 4 is 0 Å². The van der Waals surface area contributed by atoms with Gasteiger partial charge in [0, 0.05) is 6.04 Å². The maximum absolute atomic E-state index is 12.1. The van der Waals surface area contributed by atoms with Crippen molar-refractivity contribution in [1.29, 1.82) is 0 Å². The Labute approximate surface area is 98.8 Å². The molecular weight excluding hydrogens is 231 g/mol. The first-order valence-corrected chi connectivity index (χ1v) is 5.36. The van der Waals surface area contributed by atoms with E-state index in [-0.39, 0.29) is 17.7 Å². The van der Waals surface area contributed by atoms with Crippen molar-refractivity contribution in [2.45, 2.75) is 26.3 Å². The summed E-state index contributed by atoms with van der Waals surface area (Å²) in [6, 6.07) is 6.05. The summed E-state index contributed by atoms with van der Waals surface area (Å²) in [5, 5.41) is 3.07. The number of rotatable bonds is 4. The van der Waals surface area contributed by atoms with Crippen molar-refractivity contribution in [2.24, 2.45) is 5.92 Å². The monoisotopic (exact) mass is 247 g/mol. The molecule has 0 bridgehead atoms. The quantitative estimate of drug-likeness (QED) is 0.879. The average molecular weight is 247 g/mol. The summed E-state index contributed by atoms with van der Waals surface area (Å²) >= 11 is 0. The summed E-state index contributed by atoms with van der Waals surface area (Å²) in [6.45, 7) is 4.00. The summed E-state index contributed by atoms with van der Waals surface area (Å²) in [7, 11) is 1.78. The summed E-state index contributed by atoms with van der Waals surface area (Å²) < 4.78 is 40.1. The van der Waals surface area contributed by atoms with Gasteiger partial charge in [-0.05, 0) is 30.7 Å². The van der Waals surface area contributed by atoms with Gasteiger partial charge in [0.15, 0.2) is 0 Å². The van der Waals surface area contributed by atoms with Gasteiger partial charge in [-0.15, -0.1) is 13.2 Å².